The highest BCUT2D eigenvalue weighted by molar-refractivity contribution is 9.10. The maximum absolute atomic E-state index is 10.6. The number of furan rings is 1. The van der Waals surface area contributed by atoms with Crippen LogP contribution in [0.4, 0.5) is 0 Å². The Morgan fingerprint density at radius 1 is 1.22 bits per heavy atom. The van der Waals surface area contributed by atoms with Gasteiger partial charge in [-0.3, -0.25) is 0 Å². The molecular formula is C13H12BrNO3. The summed E-state index contributed by atoms with van der Waals surface area (Å²) >= 11 is 3.46. The normalized spacial score (nSPS) is 10.5. The second kappa shape index (κ2) is 5.84. The van der Waals surface area contributed by atoms with Crippen LogP contribution >= 0.6 is 15.9 Å². The Kier molecular flexibility index (Phi) is 4.17. The van der Waals surface area contributed by atoms with Gasteiger partial charge in [-0.05, 0) is 23.8 Å². The fourth-order valence-electron chi connectivity index (χ4n) is 1.55. The maximum atomic E-state index is 10.6. The average Bonchev–Trinajstić information content (AvgIpc) is 2.80. The molecule has 0 saturated heterocycles. The molecule has 0 atom stereocenters. The van der Waals surface area contributed by atoms with Gasteiger partial charge in [-0.2, -0.15) is 0 Å². The van der Waals surface area contributed by atoms with Gasteiger partial charge in [-0.1, -0.05) is 34.1 Å². The molecule has 0 fully saturated rings. The minimum atomic E-state index is -1.05. The third-order valence-corrected chi connectivity index (χ3v) is 3.22. The van der Waals surface area contributed by atoms with Crippen LogP contribution in [0.3, 0.4) is 0 Å². The van der Waals surface area contributed by atoms with Crippen LogP contribution in [0.1, 0.15) is 21.9 Å². The topological polar surface area (TPSA) is 62.5 Å². The van der Waals surface area contributed by atoms with Crippen LogP contribution in [0.15, 0.2) is 45.3 Å². The minimum absolute atomic E-state index is 0.0345. The van der Waals surface area contributed by atoms with Gasteiger partial charge in [-0.15, -0.1) is 0 Å². The summed E-state index contributed by atoms with van der Waals surface area (Å²) in [5.74, 6) is -0.473. The number of hydrogen-bond acceptors (Lipinski definition) is 3. The van der Waals surface area contributed by atoms with E-state index in [-0.39, 0.29) is 5.76 Å². The van der Waals surface area contributed by atoms with Crippen molar-refractivity contribution in [1.82, 2.24) is 5.32 Å². The quantitative estimate of drug-likeness (QED) is 0.891. The first kappa shape index (κ1) is 12.9. The third kappa shape index (κ3) is 3.21. The van der Waals surface area contributed by atoms with Crippen molar-refractivity contribution in [3.05, 3.63) is 58.0 Å². The van der Waals surface area contributed by atoms with Crippen molar-refractivity contribution in [2.24, 2.45) is 0 Å². The van der Waals surface area contributed by atoms with E-state index in [1.807, 2.05) is 24.3 Å². The summed E-state index contributed by atoms with van der Waals surface area (Å²) in [4.78, 5) is 10.6. The second-order valence-electron chi connectivity index (χ2n) is 3.77. The van der Waals surface area contributed by atoms with Gasteiger partial charge in [0.15, 0.2) is 0 Å². The summed E-state index contributed by atoms with van der Waals surface area (Å²) in [6, 6.07) is 11.0. The highest BCUT2D eigenvalue weighted by atomic mass is 79.9. The van der Waals surface area contributed by atoms with Crippen molar-refractivity contribution in [2.45, 2.75) is 13.1 Å². The first-order chi connectivity index (χ1) is 8.66. The molecule has 5 heteroatoms. The number of carboxylic acid groups (broad SMARTS) is 1. The maximum Gasteiger partial charge on any atom is 0.371 e. The van der Waals surface area contributed by atoms with E-state index >= 15 is 0 Å². The monoisotopic (exact) mass is 309 g/mol. The van der Waals surface area contributed by atoms with Crippen molar-refractivity contribution in [3.63, 3.8) is 0 Å². The van der Waals surface area contributed by atoms with Gasteiger partial charge in [0.1, 0.15) is 5.76 Å². The van der Waals surface area contributed by atoms with E-state index in [0.717, 1.165) is 10.0 Å². The van der Waals surface area contributed by atoms with E-state index in [1.165, 1.54) is 6.07 Å². The van der Waals surface area contributed by atoms with Crippen LogP contribution in [-0.4, -0.2) is 11.1 Å². The molecule has 2 rings (SSSR count). The summed E-state index contributed by atoms with van der Waals surface area (Å²) in [7, 11) is 0. The highest BCUT2D eigenvalue weighted by Gasteiger charge is 2.08. The van der Waals surface area contributed by atoms with Crippen molar-refractivity contribution < 1.29 is 14.3 Å². The van der Waals surface area contributed by atoms with Crippen LogP contribution in [0.2, 0.25) is 0 Å². The molecule has 0 aliphatic carbocycles. The fraction of sp³-hybridized carbons (Fsp3) is 0.154. The molecule has 0 bridgehead atoms. The molecule has 1 heterocycles. The molecule has 94 valence electrons. The summed E-state index contributed by atoms with van der Waals surface area (Å²) in [5, 5.41) is 11.9. The minimum Gasteiger partial charge on any atom is -0.475 e. The number of carboxylic acids is 1. The summed E-state index contributed by atoms with van der Waals surface area (Å²) < 4.78 is 6.18. The zero-order valence-corrected chi connectivity index (χ0v) is 11.1. The first-order valence-electron chi connectivity index (χ1n) is 5.43. The fourth-order valence-corrected chi connectivity index (χ4v) is 1.97. The molecule has 0 amide bonds. The van der Waals surface area contributed by atoms with Gasteiger partial charge < -0.3 is 14.8 Å². The third-order valence-electron chi connectivity index (χ3n) is 2.44. The number of benzene rings is 1. The van der Waals surface area contributed by atoms with Crippen molar-refractivity contribution >= 4 is 21.9 Å². The Morgan fingerprint density at radius 3 is 2.67 bits per heavy atom. The van der Waals surface area contributed by atoms with E-state index in [0.29, 0.717) is 18.8 Å². The lowest BCUT2D eigenvalue weighted by Crippen LogP contribution is -2.12. The smallest absolute Gasteiger partial charge is 0.371 e. The lowest BCUT2D eigenvalue weighted by Gasteiger charge is -2.05. The lowest BCUT2D eigenvalue weighted by molar-refractivity contribution is 0.0660. The Bertz CT molecular complexity index is 551. The number of halogens is 1. The van der Waals surface area contributed by atoms with Crippen molar-refractivity contribution in [2.75, 3.05) is 0 Å². The van der Waals surface area contributed by atoms with Crippen LogP contribution < -0.4 is 5.32 Å². The predicted molar refractivity (Wildman–Crippen MR) is 70.4 cm³/mol. The molecule has 0 unspecified atom stereocenters. The Balaban J connectivity index is 1.88. The van der Waals surface area contributed by atoms with E-state index in [1.54, 1.807) is 6.07 Å². The van der Waals surface area contributed by atoms with Crippen LogP contribution in [0.5, 0.6) is 0 Å². The van der Waals surface area contributed by atoms with Gasteiger partial charge in [-0.25, -0.2) is 4.79 Å². The molecule has 4 nitrogen and oxygen atoms in total. The van der Waals surface area contributed by atoms with Crippen LogP contribution in [0, 0.1) is 0 Å². The van der Waals surface area contributed by atoms with E-state index in [2.05, 4.69) is 21.2 Å². The Morgan fingerprint density at radius 2 is 2.00 bits per heavy atom. The zero-order chi connectivity index (χ0) is 13.0. The zero-order valence-electron chi connectivity index (χ0n) is 9.52. The molecule has 2 N–H and O–H groups in total. The van der Waals surface area contributed by atoms with Gasteiger partial charge in [0.2, 0.25) is 5.76 Å². The number of aromatic carboxylic acids is 1. The summed E-state index contributed by atoms with van der Waals surface area (Å²) in [5.41, 5.74) is 1.14. The molecule has 18 heavy (non-hydrogen) atoms. The van der Waals surface area contributed by atoms with Gasteiger partial charge in [0.05, 0.1) is 6.54 Å². The van der Waals surface area contributed by atoms with E-state index < -0.39 is 5.97 Å². The second-order valence-corrected chi connectivity index (χ2v) is 4.62. The SMILES string of the molecule is O=C(O)c1ccc(CNCc2ccccc2Br)o1. The van der Waals surface area contributed by atoms with Crippen LogP contribution in [0.25, 0.3) is 0 Å². The molecule has 0 aliphatic heterocycles. The number of carbonyl (C=O) groups is 1. The van der Waals surface area contributed by atoms with Crippen molar-refractivity contribution in [1.29, 1.82) is 0 Å². The lowest BCUT2D eigenvalue weighted by atomic mass is 10.2. The van der Waals surface area contributed by atoms with Gasteiger partial charge in [0.25, 0.3) is 0 Å². The molecular weight excluding hydrogens is 298 g/mol. The number of rotatable bonds is 5. The van der Waals surface area contributed by atoms with Crippen molar-refractivity contribution in [3.8, 4) is 0 Å². The average molecular weight is 310 g/mol. The van der Waals surface area contributed by atoms with Gasteiger partial charge >= 0.3 is 5.97 Å². The van der Waals surface area contributed by atoms with E-state index in [9.17, 15) is 4.79 Å². The largest absolute Gasteiger partial charge is 0.475 e. The Hall–Kier alpha value is -1.59. The number of hydrogen-bond donors (Lipinski definition) is 2. The molecule has 2 aromatic rings. The standard InChI is InChI=1S/C13H12BrNO3/c14-11-4-2-1-3-9(11)7-15-8-10-5-6-12(18-10)13(16)17/h1-6,15H,7-8H2,(H,16,17). The molecule has 1 aromatic heterocycles. The molecule has 0 saturated carbocycles. The predicted octanol–water partition coefficient (Wildman–Crippen LogP) is 3.03. The number of nitrogens with one attached hydrogen (secondary N) is 1. The van der Waals surface area contributed by atoms with Crippen LogP contribution in [-0.2, 0) is 13.1 Å². The summed E-state index contributed by atoms with van der Waals surface area (Å²) in [6.45, 7) is 1.18. The summed E-state index contributed by atoms with van der Waals surface area (Å²) in [6.07, 6.45) is 0. The molecule has 1 aromatic carbocycles. The molecule has 0 spiro atoms. The Labute approximate surface area is 113 Å². The van der Waals surface area contributed by atoms with E-state index in [4.69, 9.17) is 9.52 Å². The molecule has 0 aliphatic rings. The van der Waals surface area contributed by atoms with Gasteiger partial charge in [0, 0.05) is 11.0 Å². The molecule has 0 radical (unpaired) electrons. The highest BCUT2D eigenvalue weighted by Crippen LogP contribution is 2.15. The first-order valence-corrected chi connectivity index (χ1v) is 6.22.